The second kappa shape index (κ2) is 10.5. The summed E-state index contributed by atoms with van der Waals surface area (Å²) in [6.45, 7) is 2.22. The Labute approximate surface area is 177 Å². The van der Waals surface area contributed by atoms with Gasteiger partial charge in [0, 0.05) is 18.0 Å². The fourth-order valence-electron chi connectivity index (χ4n) is 3.00. The summed E-state index contributed by atoms with van der Waals surface area (Å²) in [7, 11) is -1.85. The van der Waals surface area contributed by atoms with Crippen LogP contribution in [0.5, 0.6) is 5.75 Å². The van der Waals surface area contributed by atoms with Crippen LogP contribution in [0, 0.1) is 0 Å². The van der Waals surface area contributed by atoms with E-state index in [1.165, 1.54) is 4.31 Å². The monoisotopic (exact) mass is 438 g/mol. The molecule has 8 heteroatoms. The highest BCUT2D eigenvalue weighted by molar-refractivity contribution is 7.92. The molecule has 0 aliphatic carbocycles. The number of rotatable bonds is 10. The fraction of sp³-hybridized carbons (Fsp3) is 0.381. The molecule has 1 atom stereocenters. The number of sulfonamides is 1. The third kappa shape index (κ3) is 6.94. The molecule has 0 saturated heterocycles. The van der Waals surface area contributed by atoms with Gasteiger partial charge < -0.3 is 10.1 Å². The van der Waals surface area contributed by atoms with Gasteiger partial charge in [-0.25, -0.2) is 8.42 Å². The molecule has 0 bridgehead atoms. The van der Waals surface area contributed by atoms with Crippen LogP contribution in [0.25, 0.3) is 0 Å². The van der Waals surface area contributed by atoms with Crippen LogP contribution in [0.2, 0.25) is 5.02 Å². The van der Waals surface area contributed by atoms with E-state index in [2.05, 4.69) is 5.32 Å². The predicted molar refractivity (Wildman–Crippen MR) is 117 cm³/mol. The van der Waals surface area contributed by atoms with Crippen LogP contribution < -0.4 is 14.4 Å². The van der Waals surface area contributed by atoms with Crippen LogP contribution in [-0.4, -0.2) is 34.2 Å². The summed E-state index contributed by atoms with van der Waals surface area (Å²) in [5, 5.41) is 3.55. The second-order valence-corrected chi connectivity index (χ2v) is 9.06. The Balaban J connectivity index is 1.94. The summed E-state index contributed by atoms with van der Waals surface area (Å²) < 4.78 is 30.7. The van der Waals surface area contributed by atoms with Crippen LogP contribution in [0.15, 0.2) is 48.5 Å². The molecule has 0 spiro atoms. The smallest absolute Gasteiger partial charge is 0.232 e. The average Bonchev–Trinajstić information content (AvgIpc) is 2.69. The van der Waals surface area contributed by atoms with Gasteiger partial charge in [0.1, 0.15) is 5.75 Å². The minimum Gasteiger partial charge on any atom is -0.497 e. The third-order valence-corrected chi connectivity index (χ3v) is 5.99. The Bertz CT molecular complexity index is 899. The number of ether oxygens (including phenoxy) is 1. The highest BCUT2D eigenvalue weighted by Gasteiger charge is 2.18. The second-order valence-electron chi connectivity index (χ2n) is 6.72. The molecule has 0 aliphatic rings. The molecule has 2 aromatic rings. The molecule has 6 nitrogen and oxygen atoms in total. The quantitative estimate of drug-likeness (QED) is 0.604. The number of nitrogens with zero attached hydrogens (tertiary/aromatic N) is 1. The van der Waals surface area contributed by atoms with Crippen molar-refractivity contribution in [2.45, 2.75) is 32.2 Å². The Kier molecular flexibility index (Phi) is 8.34. The zero-order chi connectivity index (χ0) is 21.4. The van der Waals surface area contributed by atoms with E-state index in [4.69, 9.17) is 16.3 Å². The molecule has 0 saturated carbocycles. The zero-order valence-corrected chi connectivity index (χ0v) is 18.5. The largest absolute Gasteiger partial charge is 0.497 e. The van der Waals surface area contributed by atoms with Gasteiger partial charge in [-0.3, -0.25) is 9.10 Å². The van der Waals surface area contributed by atoms with Crippen LogP contribution >= 0.6 is 11.6 Å². The maximum Gasteiger partial charge on any atom is 0.232 e. The zero-order valence-electron chi connectivity index (χ0n) is 16.9. The van der Waals surface area contributed by atoms with Crippen molar-refractivity contribution in [3.05, 3.63) is 59.1 Å². The Morgan fingerprint density at radius 2 is 1.76 bits per heavy atom. The Morgan fingerprint density at radius 1 is 1.14 bits per heavy atom. The summed E-state index contributed by atoms with van der Waals surface area (Å²) in [6.07, 6.45) is 2.53. The first-order chi connectivity index (χ1) is 13.7. The molecule has 0 radical (unpaired) electrons. The molecule has 2 rings (SSSR count). The number of hydrogen-bond acceptors (Lipinski definition) is 4. The molecule has 0 heterocycles. The van der Waals surface area contributed by atoms with Crippen LogP contribution in [0.1, 0.15) is 37.8 Å². The van der Waals surface area contributed by atoms with E-state index in [1.807, 2.05) is 31.2 Å². The highest BCUT2D eigenvalue weighted by atomic mass is 35.5. The molecule has 0 aromatic heterocycles. The van der Waals surface area contributed by atoms with E-state index in [-0.39, 0.29) is 24.9 Å². The van der Waals surface area contributed by atoms with Crippen LogP contribution in [-0.2, 0) is 14.8 Å². The standard InChI is InChI=1S/C21H27ClN2O4S/c1-4-20(16-7-13-19(28-2)14-8-16)23-21(25)6-5-15-24(29(3,26)27)18-11-9-17(22)10-12-18/h7-14,20H,4-6,15H2,1-3H3,(H,23,25)/t20-/m0/s1. The van der Waals surface area contributed by atoms with Gasteiger partial charge in [-0.2, -0.15) is 0 Å². The molecular weight excluding hydrogens is 412 g/mol. The maximum absolute atomic E-state index is 12.4. The summed E-state index contributed by atoms with van der Waals surface area (Å²) in [5.41, 5.74) is 1.53. The Morgan fingerprint density at radius 3 is 2.28 bits per heavy atom. The van der Waals surface area contributed by atoms with Crippen LogP contribution in [0.4, 0.5) is 5.69 Å². The van der Waals surface area contributed by atoms with Crippen molar-refractivity contribution in [1.29, 1.82) is 0 Å². The first kappa shape index (κ1) is 23.0. The molecule has 1 amide bonds. The SMILES string of the molecule is CC[C@H](NC(=O)CCCN(c1ccc(Cl)cc1)S(C)(=O)=O)c1ccc(OC)cc1. The molecule has 29 heavy (non-hydrogen) atoms. The van der Waals surface area contributed by atoms with E-state index in [0.717, 1.165) is 24.0 Å². The normalized spacial score (nSPS) is 12.3. The minimum atomic E-state index is -3.46. The van der Waals surface area contributed by atoms with E-state index in [1.54, 1.807) is 31.4 Å². The lowest BCUT2D eigenvalue weighted by Gasteiger charge is -2.23. The van der Waals surface area contributed by atoms with Gasteiger partial charge in [-0.15, -0.1) is 0 Å². The van der Waals surface area contributed by atoms with Gasteiger partial charge in [0.2, 0.25) is 15.9 Å². The van der Waals surface area contributed by atoms with E-state index in [0.29, 0.717) is 17.1 Å². The topological polar surface area (TPSA) is 75.7 Å². The van der Waals surface area contributed by atoms with Crippen molar-refractivity contribution in [3.8, 4) is 5.75 Å². The molecule has 158 valence electrons. The van der Waals surface area contributed by atoms with Crippen LogP contribution in [0.3, 0.4) is 0 Å². The van der Waals surface area contributed by atoms with Gasteiger partial charge >= 0.3 is 0 Å². The summed E-state index contributed by atoms with van der Waals surface area (Å²) in [5.74, 6) is 0.648. The number of amides is 1. The average molecular weight is 439 g/mol. The number of nitrogens with one attached hydrogen (secondary N) is 1. The summed E-state index contributed by atoms with van der Waals surface area (Å²) >= 11 is 5.88. The number of benzene rings is 2. The minimum absolute atomic E-state index is 0.101. The van der Waals surface area contributed by atoms with Crippen molar-refractivity contribution in [1.82, 2.24) is 5.32 Å². The fourth-order valence-corrected chi connectivity index (χ4v) is 4.09. The van der Waals surface area contributed by atoms with E-state index in [9.17, 15) is 13.2 Å². The first-order valence-electron chi connectivity index (χ1n) is 9.41. The van der Waals surface area contributed by atoms with Crippen molar-refractivity contribution in [2.75, 3.05) is 24.2 Å². The maximum atomic E-state index is 12.4. The van der Waals surface area contributed by atoms with Gasteiger partial charge in [-0.05, 0) is 54.8 Å². The third-order valence-electron chi connectivity index (χ3n) is 4.54. The molecule has 2 aromatic carbocycles. The summed E-state index contributed by atoms with van der Waals surface area (Å²) in [6, 6.07) is 14.1. The lowest BCUT2D eigenvalue weighted by Crippen LogP contribution is -2.32. The van der Waals surface area contributed by atoms with Gasteiger partial charge in [0.25, 0.3) is 0 Å². The number of methoxy groups -OCH3 is 1. The van der Waals surface area contributed by atoms with Gasteiger partial charge in [0.15, 0.2) is 0 Å². The molecular formula is C21H27ClN2O4S. The first-order valence-corrected chi connectivity index (χ1v) is 11.6. The van der Waals surface area contributed by atoms with Gasteiger partial charge in [0.05, 0.1) is 25.1 Å². The summed E-state index contributed by atoms with van der Waals surface area (Å²) in [4.78, 5) is 12.4. The number of carbonyl (C=O) groups excluding carboxylic acids is 1. The molecule has 1 N–H and O–H groups in total. The highest BCUT2D eigenvalue weighted by Crippen LogP contribution is 2.22. The molecule has 0 aliphatic heterocycles. The number of hydrogen-bond donors (Lipinski definition) is 1. The van der Waals surface area contributed by atoms with Crippen molar-refractivity contribution in [3.63, 3.8) is 0 Å². The predicted octanol–water partition coefficient (Wildman–Crippen LogP) is 4.16. The van der Waals surface area contributed by atoms with E-state index >= 15 is 0 Å². The Hall–Kier alpha value is -2.25. The van der Waals surface area contributed by atoms with Crippen molar-refractivity contribution in [2.24, 2.45) is 0 Å². The van der Waals surface area contributed by atoms with Crippen molar-refractivity contribution < 1.29 is 17.9 Å². The number of anilines is 1. The lowest BCUT2D eigenvalue weighted by atomic mass is 10.0. The van der Waals surface area contributed by atoms with Crippen molar-refractivity contribution >= 4 is 33.2 Å². The number of carbonyl (C=O) groups is 1. The lowest BCUT2D eigenvalue weighted by molar-refractivity contribution is -0.121. The number of halogens is 1. The molecule has 0 unspecified atom stereocenters. The molecule has 0 fully saturated rings. The van der Waals surface area contributed by atoms with Gasteiger partial charge in [-0.1, -0.05) is 30.7 Å². The van der Waals surface area contributed by atoms with E-state index < -0.39 is 10.0 Å².